The van der Waals surface area contributed by atoms with E-state index >= 15 is 0 Å². The van der Waals surface area contributed by atoms with Crippen LogP contribution in [0.4, 0.5) is 16.2 Å². The highest BCUT2D eigenvalue weighted by atomic mass is 35.5. The maximum Gasteiger partial charge on any atom is 0.424 e. The van der Waals surface area contributed by atoms with Gasteiger partial charge < -0.3 is 9.47 Å². The van der Waals surface area contributed by atoms with Crippen LogP contribution in [0.2, 0.25) is 10.0 Å². The zero-order chi connectivity index (χ0) is 24.4. The number of halogens is 2. The van der Waals surface area contributed by atoms with Crippen molar-refractivity contribution in [3.8, 4) is 11.5 Å². The number of fused-ring (bicyclic) bond motifs is 1. The van der Waals surface area contributed by atoms with Crippen molar-refractivity contribution in [2.75, 3.05) is 4.90 Å². The van der Waals surface area contributed by atoms with Gasteiger partial charge in [0, 0.05) is 16.1 Å². The van der Waals surface area contributed by atoms with Crippen LogP contribution < -0.4 is 14.4 Å². The molecule has 0 aromatic heterocycles. The molecule has 5 nitrogen and oxygen atoms in total. The Morgan fingerprint density at radius 2 is 1.49 bits per heavy atom. The molecule has 172 valence electrons. The first-order valence-corrected chi connectivity index (χ1v) is 11.4. The summed E-state index contributed by atoms with van der Waals surface area (Å²) in [5.74, 6) is 0.355. The summed E-state index contributed by atoms with van der Waals surface area (Å²) in [7, 11) is 0. The molecule has 1 aliphatic heterocycles. The summed E-state index contributed by atoms with van der Waals surface area (Å²) in [4.78, 5) is 27.5. The summed E-state index contributed by atoms with van der Waals surface area (Å²) in [6.07, 6.45) is 0.953. The number of allylic oxidation sites excluding steroid dienone is 1. The number of ether oxygens (including phenoxy) is 2. The number of hydrogen-bond acceptors (Lipinski definition) is 4. The highest BCUT2D eigenvalue weighted by molar-refractivity contribution is 6.35. The summed E-state index contributed by atoms with van der Waals surface area (Å²) in [6.45, 7) is 0. The second kappa shape index (κ2) is 9.66. The SMILES string of the molecule is O=C1C(=Cc2ccc(Cl)cc2Cl)Oc2cc(OC(=O)N(c3ccccc3)c3ccccc3)ccc21. The van der Waals surface area contributed by atoms with Gasteiger partial charge in [0.15, 0.2) is 5.76 Å². The number of hydrogen-bond donors (Lipinski definition) is 0. The van der Waals surface area contributed by atoms with Gasteiger partial charge in [-0.25, -0.2) is 9.69 Å². The van der Waals surface area contributed by atoms with Gasteiger partial charge >= 0.3 is 6.09 Å². The molecule has 0 radical (unpaired) electrons. The summed E-state index contributed by atoms with van der Waals surface area (Å²) in [5, 5.41) is 0.888. The number of rotatable bonds is 4. The Bertz CT molecular complexity index is 1410. The van der Waals surface area contributed by atoms with Gasteiger partial charge in [-0.3, -0.25) is 4.79 Å². The largest absolute Gasteiger partial charge is 0.452 e. The molecular weight excluding hydrogens is 485 g/mol. The van der Waals surface area contributed by atoms with Crippen molar-refractivity contribution in [2.24, 2.45) is 0 Å². The lowest BCUT2D eigenvalue weighted by Crippen LogP contribution is -2.29. The molecule has 0 unspecified atom stereocenters. The summed E-state index contributed by atoms with van der Waals surface area (Å²) < 4.78 is 11.4. The number of anilines is 2. The summed E-state index contributed by atoms with van der Waals surface area (Å²) in [5.41, 5.74) is 2.27. The first kappa shape index (κ1) is 22.7. The predicted octanol–water partition coefficient (Wildman–Crippen LogP) is 7.95. The van der Waals surface area contributed by atoms with E-state index in [1.165, 1.54) is 11.0 Å². The zero-order valence-corrected chi connectivity index (χ0v) is 19.7. The fraction of sp³-hybridized carbons (Fsp3) is 0. The van der Waals surface area contributed by atoms with Crippen LogP contribution in [0.5, 0.6) is 11.5 Å². The molecule has 7 heteroatoms. The lowest BCUT2D eigenvalue weighted by Gasteiger charge is -2.22. The Morgan fingerprint density at radius 3 is 2.11 bits per heavy atom. The summed E-state index contributed by atoms with van der Waals surface area (Å²) >= 11 is 12.2. The van der Waals surface area contributed by atoms with Crippen LogP contribution in [0.25, 0.3) is 6.08 Å². The Hall–Kier alpha value is -4.06. The number of para-hydroxylation sites is 2. The molecule has 1 aliphatic rings. The van der Waals surface area contributed by atoms with Crippen molar-refractivity contribution in [1.82, 2.24) is 0 Å². The van der Waals surface area contributed by atoms with E-state index < -0.39 is 6.09 Å². The minimum atomic E-state index is -0.601. The molecule has 5 rings (SSSR count). The average Bonchev–Trinajstić information content (AvgIpc) is 3.17. The van der Waals surface area contributed by atoms with Crippen molar-refractivity contribution in [1.29, 1.82) is 0 Å². The van der Waals surface area contributed by atoms with Crippen LogP contribution in [-0.2, 0) is 0 Å². The van der Waals surface area contributed by atoms with E-state index in [1.807, 2.05) is 60.7 Å². The minimum absolute atomic E-state index is 0.114. The van der Waals surface area contributed by atoms with E-state index in [-0.39, 0.29) is 17.3 Å². The molecule has 0 atom stereocenters. The first-order chi connectivity index (χ1) is 17.0. The fourth-order valence-corrected chi connectivity index (χ4v) is 4.11. The van der Waals surface area contributed by atoms with Gasteiger partial charge in [-0.1, -0.05) is 65.7 Å². The molecule has 0 saturated carbocycles. The monoisotopic (exact) mass is 501 g/mol. The summed E-state index contributed by atoms with van der Waals surface area (Å²) in [6, 6.07) is 28.0. The molecule has 0 saturated heterocycles. The van der Waals surface area contributed by atoms with E-state index in [2.05, 4.69) is 0 Å². The van der Waals surface area contributed by atoms with E-state index in [0.29, 0.717) is 38.3 Å². The Balaban J connectivity index is 1.40. The van der Waals surface area contributed by atoms with Crippen LogP contribution in [0.3, 0.4) is 0 Å². The highest BCUT2D eigenvalue weighted by Crippen LogP contribution is 2.36. The molecule has 4 aromatic carbocycles. The number of ketones is 1. The van der Waals surface area contributed by atoms with E-state index in [9.17, 15) is 9.59 Å². The van der Waals surface area contributed by atoms with E-state index in [1.54, 1.807) is 36.4 Å². The lowest BCUT2D eigenvalue weighted by molar-refractivity contribution is 0.101. The molecule has 1 amide bonds. The van der Waals surface area contributed by atoms with Crippen LogP contribution >= 0.6 is 23.2 Å². The van der Waals surface area contributed by atoms with Gasteiger partial charge in [-0.2, -0.15) is 0 Å². The van der Waals surface area contributed by atoms with Crippen molar-refractivity contribution in [3.63, 3.8) is 0 Å². The molecule has 0 fully saturated rings. The van der Waals surface area contributed by atoms with Gasteiger partial charge in [0.05, 0.1) is 16.9 Å². The molecule has 0 spiro atoms. The Labute approximate surface area is 211 Å². The first-order valence-electron chi connectivity index (χ1n) is 10.6. The number of carbonyl (C=O) groups excluding carboxylic acids is 2. The maximum absolute atomic E-state index is 13.2. The van der Waals surface area contributed by atoms with Crippen LogP contribution in [0, 0.1) is 0 Å². The van der Waals surface area contributed by atoms with Gasteiger partial charge in [0.2, 0.25) is 5.78 Å². The minimum Gasteiger partial charge on any atom is -0.452 e. The van der Waals surface area contributed by atoms with Crippen LogP contribution in [0.1, 0.15) is 15.9 Å². The Kier molecular flexibility index (Phi) is 6.27. The van der Waals surface area contributed by atoms with E-state index in [0.717, 1.165) is 0 Å². The zero-order valence-electron chi connectivity index (χ0n) is 18.2. The Morgan fingerprint density at radius 1 is 0.829 bits per heavy atom. The van der Waals surface area contributed by atoms with Gasteiger partial charge in [-0.05, 0) is 60.2 Å². The normalized spacial score (nSPS) is 13.3. The second-order valence-electron chi connectivity index (χ2n) is 7.64. The van der Waals surface area contributed by atoms with Gasteiger partial charge in [-0.15, -0.1) is 0 Å². The van der Waals surface area contributed by atoms with Crippen LogP contribution in [-0.4, -0.2) is 11.9 Å². The maximum atomic E-state index is 13.2. The number of carbonyl (C=O) groups is 2. The third-order valence-corrected chi connectivity index (χ3v) is 5.87. The third-order valence-electron chi connectivity index (χ3n) is 5.31. The fourth-order valence-electron chi connectivity index (χ4n) is 3.65. The van der Waals surface area contributed by atoms with Crippen LogP contribution in [0.15, 0.2) is 103 Å². The highest BCUT2D eigenvalue weighted by Gasteiger charge is 2.29. The number of Topliss-reactive ketones (excluding diaryl/α,β-unsaturated/α-hetero) is 1. The molecular formula is C28H17Cl2NO4. The van der Waals surface area contributed by atoms with Crippen molar-refractivity contribution < 1.29 is 19.1 Å². The molecule has 35 heavy (non-hydrogen) atoms. The number of nitrogens with zero attached hydrogens (tertiary/aromatic N) is 1. The van der Waals surface area contributed by atoms with Gasteiger partial charge in [0.25, 0.3) is 0 Å². The third kappa shape index (κ3) is 4.78. The molecule has 0 bridgehead atoms. The average molecular weight is 502 g/mol. The van der Waals surface area contributed by atoms with Crippen molar-refractivity contribution in [3.05, 3.63) is 124 Å². The van der Waals surface area contributed by atoms with Crippen molar-refractivity contribution in [2.45, 2.75) is 0 Å². The smallest absolute Gasteiger partial charge is 0.424 e. The molecule has 0 aliphatic carbocycles. The van der Waals surface area contributed by atoms with Crippen molar-refractivity contribution >= 4 is 52.5 Å². The molecule has 0 N–H and O–H groups in total. The molecule has 1 heterocycles. The standard InChI is InChI=1S/C28H17Cl2NO4/c29-19-12-11-18(24(30)16-19)15-26-27(32)23-14-13-22(17-25(23)35-26)34-28(33)31(20-7-3-1-4-8-20)21-9-5-2-6-10-21/h1-17H. The predicted molar refractivity (Wildman–Crippen MR) is 137 cm³/mol. The second-order valence-corrected chi connectivity index (χ2v) is 8.48. The molecule has 4 aromatic rings. The number of benzene rings is 4. The topological polar surface area (TPSA) is 55.8 Å². The van der Waals surface area contributed by atoms with E-state index in [4.69, 9.17) is 32.7 Å². The lowest BCUT2D eigenvalue weighted by atomic mass is 10.1. The quantitative estimate of drug-likeness (QED) is 0.266. The number of amides is 1. The van der Waals surface area contributed by atoms with Gasteiger partial charge in [0.1, 0.15) is 11.5 Å².